The number of aliphatic hydroxyl groups excluding tert-OH is 1. The highest BCUT2D eigenvalue weighted by Gasteiger charge is 2.58. The van der Waals surface area contributed by atoms with Gasteiger partial charge >= 0.3 is 0 Å². The Labute approximate surface area is 148 Å². The molecule has 2 saturated carbocycles. The summed E-state index contributed by atoms with van der Waals surface area (Å²) in [5.74, 6) is 4.41. The van der Waals surface area contributed by atoms with Crippen molar-refractivity contribution in [1.82, 2.24) is 0 Å². The summed E-state index contributed by atoms with van der Waals surface area (Å²) in [7, 11) is 0. The first-order chi connectivity index (χ1) is 11.4. The Hall–Kier alpha value is -0.560. The molecular formula is C23H36O. The monoisotopic (exact) mass is 328 g/mol. The summed E-state index contributed by atoms with van der Waals surface area (Å²) < 4.78 is 0. The first-order valence-corrected chi connectivity index (χ1v) is 10.5. The average Bonchev–Trinajstić information content (AvgIpc) is 2.92. The minimum Gasteiger partial charge on any atom is -0.389 e. The molecule has 1 nitrogen and oxygen atoms in total. The first kappa shape index (κ1) is 16.9. The van der Waals surface area contributed by atoms with Gasteiger partial charge in [0.1, 0.15) is 0 Å². The van der Waals surface area contributed by atoms with E-state index in [4.69, 9.17) is 0 Å². The normalized spacial score (nSPS) is 51.4. The quantitative estimate of drug-likeness (QED) is 0.640. The topological polar surface area (TPSA) is 20.2 Å². The molecule has 0 bridgehead atoms. The van der Waals surface area contributed by atoms with Crippen LogP contribution in [0, 0.1) is 40.4 Å². The molecule has 0 radical (unpaired) electrons. The van der Waals surface area contributed by atoms with E-state index in [0.29, 0.717) is 5.41 Å². The van der Waals surface area contributed by atoms with Gasteiger partial charge in [0, 0.05) is 5.41 Å². The number of fused-ring (bicyclic) bond motifs is 5. The number of aliphatic hydroxyl groups is 1. The van der Waals surface area contributed by atoms with E-state index in [9.17, 15) is 5.11 Å². The highest BCUT2D eigenvalue weighted by molar-refractivity contribution is 5.32. The Morgan fingerprint density at radius 1 is 1.21 bits per heavy atom. The minimum atomic E-state index is -0.254. The molecule has 24 heavy (non-hydrogen) atoms. The van der Waals surface area contributed by atoms with E-state index in [1.807, 2.05) is 0 Å². The second kappa shape index (κ2) is 5.73. The number of rotatable bonds is 2. The van der Waals surface area contributed by atoms with Crippen LogP contribution in [0.4, 0.5) is 0 Å². The predicted octanol–water partition coefficient (Wildman–Crippen LogP) is 5.75. The van der Waals surface area contributed by atoms with E-state index in [1.54, 1.807) is 0 Å². The van der Waals surface area contributed by atoms with Crippen LogP contribution in [0.2, 0.25) is 0 Å². The van der Waals surface area contributed by atoms with Gasteiger partial charge < -0.3 is 5.11 Å². The Kier molecular flexibility index (Phi) is 4.03. The predicted molar refractivity (Wildman–Crippen MR) is 101 cm³/mol. The molecule has 8 atom stereocenters. The molecule has 0 aromatic heterocycles. The van der Waals surface area contributed by atoms with Gasteiger partial charge in [-0.3, -0.25) is 0 Å². The third-order valence-electron chi connectivity index (χ3n) is 9.03. The van der Waals surface area contributed by atoms with Crippen molar-refractivity contribution in [3.63, 3.8) is 0 Å². The van der Waals surface area contributed by atoms with Crippen LogP contribution in [0.3, 0.4) is 0 Å². The smallest absolute Gasteiger partial charge is 0.0758 e. The Bertz CT molecular complexity index is 560. The van der Waals surface area contributed by atoms with Crippen molar-refractivity contribution in [2.75, 3.05) is 0 Å². The Balaban J connectivity index is 1.65. The molecule has 0 amide bonds. The van der Waals surface area contributed by atoms with Gasteiger partial charge in [-0.15, -0.1) is 0 Å². The summed E-state index contributed by atoms with van der Waals surface area (Å²) >= 11 is 0. The van der Waals surface area contributed by atoms with Crippen LogP contribution >= 0.6 is 0 Å². The molecular weight excluding hydrogens is 292 g/mol. The SMILES string of the molecule is CCC(C)C1CCC2C3CC=C4CC(O)C=CC4(C)C3CCC12C. The van der Waals surface area contributed by atoms with Gasteiger partial charge in [0.25, 0.3) is 0 Å². The van der Waals surface area contributed by atoms with E-state index in [0.717, 1.165) is 36.0 Å². The van der Waals surface area contributed by atoms with Gasteiger partial charge in [0.15, 0.2) is 0 Å². The molecule has 134 valence electrons. The molecule has 0 spiro atoms. The number of hydrogen-bond acceptors (Lipinski definition) is 1. The molecule has 4 aliphatic rings. The summed E-state index contributed by atoms with van der Waals surface area (Å²) in [5.41, 5.74) is 2.33. The lowest BCUT2D eigenvalue weighted by Crippen LogP contribution is -2.49. The molecule has 0 aromatic carbocycles. The third kappa shape index (κ3) is 2.23. The van der Waals surface area contributed by atoms with Gasteiger partial charge in [-0.25, -0.2) is 0 Å². The highest BCUT2D eigenvalue weighted by Crippen LogP contribution is 2.66. The Morgan fingerprint density at radius 2 is 2.00 bits per heavy atom. The molecule has 1 heteroatoms. The third-order valence-corrected chi connectivity index (χ3v) is 9.03. The van der Waals surface area contributed by atoms with Crippen LogP contribution in [0.25, 0.3) is 0 Å². The average molecular weight is 329 g/mol. The lowest BCUT2D eigenvalue weighted by molar-refractivity contribution is -0.0350. The lowest BCUT2D eigenvalue weighted by Gasteiger charge is -2.57. The second-order valence-electron chi connectivity index (χ2n) is 9.87. The van der Waals surface area contributed by atoms with Crippen molar-refractivity contribution in [2.24, 2.45) is 40.4 Å². The zero-order chi connectivity index (χ0) is 17.1. The van der Waals surface area contributed by atoms with Crippen molar-refractivity contribution in [3.05, 3.63) is 23.8 Å². The van der Waals surface area contributed by atoms with Crippen molar-refractivity contribution in [3.8, 4) is 0 Å². The maximum absolute atomic E-state index is 10.0. The summed E-state index contributed by atoms with van der Waals surface area (Å²) in [6.07, 6.45) is 15.9. The van der Waals surface area contributed by atoms with Crippen molar-refractivity contribution < 1.29 is 5.11 Å². The van der Waals surface area contributed by atoms with E-state index in [2.05, 4.69) is 45.9 Å². The zero-order valence-corrected chi connectivity index (χ0v) is 16.1. The standard InChI is InChI=1S/C23H36O/c1-5-15(2)19-8-9-20-18-7-6-16-14-17(24)10-12-22(16,3)21(18)11-13-23(19,20)4/h6,10,12,15,17-21,24H,5,7-9,11,13-14H2,1-4H3. The van der Waals surface area contributed by atoms with Gasteiger partial charge in [-0.2, -0.15) is 0 Å². The zero-order valence-electron chi connectivity index (χ0n) is 16.1. The summed E-state index contributed by atoms with van der Waals surface area (Å²) in [5, 5.41) is 10.0. The summed E-state index contributed by atoms with van der Waals surface area (Å²) in [6.45, 7) is 9.97. The molecule has 0 heterocycles. The molecule has 2 fully saturated rings. The van der Waals surface area contributed by atoms with Gasteiger partial charge in [-0.05, 0) is 73.5 Å². The van der Waals surface area contributed by atoms with E-state index in [-0.39, 0.29) is 11.5 Å². The Morgan fingerprint density at radius 3 is 2.75 bits per heavy atom. The van der Waals surface area contributed by atoms with Crippen LogP contribution in [0.15, 0.2) is 23.8 Å². The largest absolute Gasteiger partial charge is 0.389 e. The van der Waals surface area contributed by atoms with Crippen LogP contribution in [0.1, 0.15) is 72.6 Å². The number of allylic oxidation sites excluding steroid dienone is 2. The van der Waals surface area contributed by atoms with E-state index in [1.165, 1.54) is 44.1 Å². The molecule has 0 aromatic rings. The lowest BCUT2D eigenvalue weighted by atomic mass is 9.48. The van der Waals surface area contributed by atoms with Crippen LogP contribution in [0.5, 0.6) is 0 Å². The second-order valence-corrected chi connectivity index (χ2v) is 9.87. The van der Waals surface area contributed by atoms with Crippen LogP contribution < -0.4 is 0 Å². The van der Waals surface area contributed by atoms with Gasteiger partial charge in [0.05, 0.1) is 6.10 Å². The molecule has 4 rings (SSSR count). The number of hydrogen-bond donors (Lipinski definition) is 1. The van der Waals surface area contributed by atoms with Crippen LogP contribution in [-0.2, 0) is 0 Å². The van der Waals surface area contributed by atoms with Crippen molar-refractivity contribution in [2.45, 2.75) is 78.7 Å². The first-order valence-electron chi connectivity index (χ1n) is 10.5. The fraction of sp³-hybridized carbons (Fsp3) is 0.826. The van der Waals surface area contributed by atoms with Crippen LogP contribution in [-0.4, -0.2) is 11.2 Å². The highest BCUT2D eigenvalue weighted by atomic mass is 16.3. The molecule has 1 N–H and O–H groups in total. The summed E-state index contributed by atoms with van der Waals surface area (Å²) in [4.78, 5) is 0. The molecule has 8 unspecified atom stereocenters. The maximum Gasteiger partial charge on any atom is 0.0758 e. The van der Waals surface area contributed by atoms with Crippen molar-refractivity contribution >= 4 is 0 Å². The minimum absolute atomic E-state index is 0.220. The molecule has 0 aliphatic heterocycles. The molecule has 4 aliphatic carbocycles. The van der Waals surface area contributed by atoms with E-state index < -0.39 is 0 Å². The maximum atomic E-state index is 10.0. The van der Waals surface area contributed by atoms with Gasteiger partial charge in [0.2, 0.25) is 0 Å². The fourth-order valence-corrected chi connectivity index (χ4v) is 7.50. The van der Waals surface area contributed by atoms with Crippen molar-refractivity contribution in [1.29, 1.82) is 0 Å². The van der Waals surface area contributed by atoms with Gasteiger partial charge in [-0.1, -0.05) is 57.9 Å². The fourth-order valence-electron chi connectivity index (χ4n) is 7.50. The molecule has 0 saturated heterocycles. The van der Waals surface area contributed by atoms with E-state index >= 15 is 0 Å². The summed E-state index contributed by atoms with van der Waals surface area (Å²) in [6, 6.07) is 0.